The number of hydrogen-bond donors (Lipinski definition) is 2. The van der Waals surface area contributed by atoms with Crippen LogP contribution in [0.5, 0.6) is 0 Å². The molecule has 5 nitrogen and oxygen atoms in total. The van der Waals surface area contributed by atoms with Gasteiger partial charge < -0.3 is 10.9 Å². The topological polar surface area (TPSA) is 76.4 Å². The van der Waals surface area contributed by atoms with Gasteiger partial charge in [0, 0.05) is 16.4 Å². The molecule has 1 aromatic carbocycles. The Morgan fingerprint density at radius 2 is 2.05 bits per heavy atom. The Morgan fingerprint density at radius 3 is 2.63 bits per heavy atom. The monoisotopic (exact) mass is 340 g/mol. The van der Waals surface area contributed by atoms with Gasteiger partial charge in [-0.3, -0.25) is 4.68 Å². The second kappa shape index (κ2) is 5.66. The predicted molar refractivity (Wildman–Crippen MR) is 78.7 cm³/mol. The first-order chi connectivity index (χ1) is 9.02. The van der Waals surface area contributed by atoms with Crippen LogP contribution in [0.15, 0.2) is 43.8 Å². The Labute approximate surface area is 123 Å². The third-order valence-corrected chi connectivity index (χ3v) is 4.26. The molecule has 100 valence electrons. The summed E-state index contributed by atoms with van der Waals surface area (Å²) in [6.45, 7) is 1.83. The maximum absolute atomic E-state index is 8.86. The summed E-state index contributed by atoms with van der Waals surface area (Å²) in [5.41, 5.74) is 7.11. The van der Waals surface area contributed by atoms with Gasteiger partial charge in [-0.05, 0) is 31.2 Å². The Morgan fingerprint density at radius 1 is 1.42 bits per heavy atom. The molecule has 0 fully saturated rings. The van der Waals surface area contributed by atoms with Crippen LogP contribution >= 0.6 is 27.7 Å². The van der Waals surface area contributed by atoms with Crippen LogP contribution in [0.4, 0.5) is 0 Å². The van der Waals surface area contributed by atoms with Crippen LogP contribution in [0.25, 0.3) is 0 Å². The molecule has 1 aromatic heterocycles. The second-order valence-corrected chi connectivity index (χ2v) is 5.91. The number of hydrogen-bond acceptors (Lipinski definition) is 4. The van der Waals surface area contributed by atoms with Crippen molar-refractivity contribution < 1.29 is 5.21 Å². The molecule has 0 spiro atoms. The molecule has 0 unspecified atom stereocenters. The Bertz CT molecular complexity index is 621. The van der Waals surface area contributed by atoms with Gasteiger partial charge in [0.15, 0.2) is 5.84 Å². The van der Waals surface area contributed by atoms with Crippen molar-refractivity contribution >= 4 is 33.5 Å². The third-order valence-electron chi connectivity index (χ3n) is 2.56. The summed E-state index contributed by atoms with van der Waals surface area (Å²) in [6.07, 6.45) is 0. The lowest BCUT2D eigenvalue weighted by atomic mass is 10.2. The molecule has 0 aliphatic carbocycles. The zero-order valence-electron chi connectivity index (χ0n) is 10.5. The Balaban J connectivity index is 2.42. The standard InChI is InChI=1S/C12H13BrN4OS/c1-7-10(11(14)16-18)12(17(2)15-7)19-9-5-3-8(13)4-6-9/h3-6,18H,1-2H3,(H2,14,16). The summed E-state index contributed by atoms with van der Waals surface area (Å²) >= 11 is 4.92. The van der Waals surface area contributed by atoms with Crippen molar-refractivity contribution in [3.8, 4) is 0 Å². The summed E-state index contributed by atoms with van der Waals surface area (Å²) in [5, 5.41) is 17.1. The number of aromatic nitrogens is 2. The van der Waals surface area contributed by atoms with Crippen molar-refractivity contribution in [3.63, 3.8) is 0 Å². The van der Waals surface area contributed by atoms with Gasteiger partial charge in [0.1, 0.15) is 5.03 Å². The van der Waals surface area contributed by atoms with E-state index in [1.807, 2.05) is 38.2 Å². The zero-order chi connectivity index (χ0) is 14.0. The first kappa shape index (κ1) is 14.0. The van der Waals surface area contributed by atoms with E-state index in [1.54, 1.807) is 4.68 Å². The normalized spacial score (nSPS) is 11.8. The molecule has 0 radical (unpaired) electrons. The molecular weight excluding hydrogens is 328 g/mol. The van der Waals surface area contributed by atoms with Crippen molar-refractivity contribution in [1.29, 1.82) is 0 Å². The highest BCUT2D eigenvalue weighted by Gasteiger charge is 2.18. The van der Waals surface area contributed by atoms with E-state index in [0.717, 1.165) is 20.1 Å². The van der Waals surface area contributed by atoms with Crippen molar-refractivity contribution in [1.82, 2.24) is 9.78 Å². The summed E-state index contributed by atoms with van der Waals surface area (Å²) in [5.74, 6) is 0.0743. The number of nitrogens with two attached hydrogens (primary N) is 1. The van der Waals surface area contributed by atoms with Crippen molar-refractivity contribution in [2.24, 2.45) is 17.9 Å². The van der Waals surface area contributed by atoms with E-state index in [2.05, 4.69) is 26.2 Å². The summed E-state index contributed by atoms with van der Waals surface area (Å²) in [4.78, 5) is 1.05. The van der Waals surface area contributed by atoms with Gasteiger partial charge in [0.05, 0.1) is 11.3 Å². The first-order valence-electron chi connectivity index (χ1n) is 5.48. The average Bonchev–Trinajstić information content (AvgIpc) is 2.66. The lowest BCUT2D eigenvalue weighted by Crippen LogP contribution is -2.14. The van der Waals surface area contributed by atoms with Crippen LogP contribution in [0, 0.1) is 6.92 Å². The molecular formula is C12H13BrN4OS. The predicted octanol–water partition coefficient (Wildman–Crippen LogP) is 2.74. The number of aryl methyl sites for hydroxylation is 2. The smallest absolute Gasteiger partial charge is 0.174 e. The molecule has 2 rings (SSSR count). The SMILES string of the molecule is Cc1nn(C)c(Sc2ccc(Br)cc2)c1C(N)=NO. The molecule has 2 aromatic rings. The highest BCUT2D eigenvalue weighted by molar-refractivity contribution is 9.10. The molecule has 0 bridgehead atoms. The van der Waals surface area contributed by atoms with Crippen LogP contribution in [-0.4, -0.2) is 20.8 Å². The quantitative estimate of drug-likeness (QED) is 0.390. The lowest BCUT2D eigenvalue weighted by molar-refractivity contribution is 0.318. The van der Waals surface area contributed by atoms with E-state index in [9.17, 15) is 0 Å². The van der Waals surface area contributed by atoms with Gasteiger partial charge in [-0.25, -0.2) is 0 Å². The van der Waals surface area contributed by atoms with Gasteiger partial charge in [0.2, 0.25) is 0 Å². The zero-order valence-corrected chi connectivity index (χ0v) is 12.9. The number of rotatable bonds is 3. The third kappa shape index (κ3) is 2.93. The van der Waals surface area contributed by atoms with Gasteiger partial charge >= 0.3 is 0 Å². The molecule has 0 amide bonds. The highest BCUT2D eigenvalue weighted by atomic mass is 79.9. The number of halogens is 1. The molecule has 7 heteroatoms. The van der Waals surface area contributed by atoms with Crippen molar-refractivity contribution in [2.75, 3.05) is 0 Å². The Hall–Kier alpha value is -1.47. The van der Waals surface area contributed by atoms with E-state index in [4.69, 9.17) is 10.9 Å². The molecule has 0 saturated heterocycles. The minimum atomic E-state index is 0.0743. The fourth-order valence-corrected chi connectivity index (χ4v) is 3.00. The molecule has 3 N–H and O–H groups in total. The summed E-state index contributed by atoms with van der Waals surface area (Å²) in [6, 6.07) is 7.92. The van der Waals surface area contributed by atoms with Gasteiger partial charge in [0.25, 0.3) is 0 Å². The molecule has 0 atom stereocenters. The second-order valence-electron chi connectivity index (χ2n) is 3.93. The van der Waals surface area contributed by atoms with E-state index in [0.29, 0.717) is 5.56 Å². The maximum Gasteiger partial charge on any atom is 0.174 e. The van der Waals surface area contributed by atoms with E-state index in [1.165, 1.54) is 11.8 Å². The van der Waals surface area contributed by atoms with Crippen LogP contribution in [0.3, 0.4) is 0 Å². The van der Waals surface area contributed by atoms with Crippen LogP contribution in [0.1, 0.15) is 11.3 Å². The molecule has 19 heavy (non-hydrogen) atoms. The highest BCUT2D eigenvalue weighted by Crippen LogP contribution is 2.32. The maximum atomic E-state index is 8.86. The molecule has 1 heterocycles. The van der Waals surface area contributed by atoms with Crippen molar-refractivity contribution in [3.05, 3.63) is 40.0 Å². The molecule has 0 aliphatic rings. The van der Waals surface area contributed by atoms with Crippen LogP contribution in [0.2, 0.25) is 0 Å². The number of amidine groups is 1. The van der Waals surface area contributed by atoms with Gasteiger partial charge in [-0.1, -0.05) is 32.8 Å². The minimum absolute atomic E-state index is 0.0743. The van der Waals surface area contributed by atoms with E-state index < -0.39 is 0 Å². The van der Waals surface area contributed by atoms with E-state index in [-0.39, 0.29) is 5.84 Å². The molecule has 0 aliphatic heterocycles. The first-order valence-corrected chi connectivity index (χ1v) is 7.08. The van der Waals surface area contributed by atoms with E-state index >= 15 is 0 Å². The van der Waals surface area contributed by atoms with Crippen LogP contribution in [-0.2, 0) is 7.05 Å². The molecule has 0 saturated carbocycles. The number of oxime groups is 1. The summed E-state index contributed by atoms with van der Waals surface area (Å²) in [7, 11) is 1.84. The fraction of sp³-hybridized carbons (Fsp3) is 0.167. The largest absolute Gasteiger partial charge is 0.409 e. The fourth-order valence-electron chi connectivity index (χ4n) is 1.71. The summed E-state index contributed by atoms with van der Waals surface area (Å²) < 4.78 is 2.75. The average molecular weight is 341 g/mol. The minimum Gasteiger partial charge on any atom is -0.409 e. The lowest BCUT2D eigenvalue weighted by Gasteiger charge is -2.05. The number of benzene rings is 1. The Kier molecular flexibility index (Phi) is 4.16. The van der Waals surface area contributed by atoms with Gasteiger partial charge in [-0.15, -0.1) is 0 Å². The van der Waals surface area contributed by atoms with Crippen LogP contribution < -0.4 is 5.73 Å². The van der Waals surface area contributed by atoms with Crippen molar-refractivity contribution in [2.45, 2.75) is 16.8 Å². The van der Waals surface area contributed by atoms with Gasteiger partial charge in [-0.2, -0.15) is 5.10 Å². The number of nitrogens with zero attached hydrogens (tertiary/aromatic N) is 3.